The molecular weight excluding hydrogens is 465 g/mol. The van der Waals surface area contributed by atoms with Crippen LogP contribution in [-0.4, -0.2) is 19.4 Å². The molecule has 3 aromatic rings. The van der Waals surface area contributed by atoms with Crippen LogP contribution in [0.2, 0.25) is 0 Å². The number of nitro benzene ring substituents is 1. The Hall–Kier alpha value is -4.13. The zero-order valence-corrected chi connectivity index (χ0v) is 17.3. The highest BCUT2D eigenvalue weighted by atomic mass is 32.2. The quantitative estimate of drug-likeness (QED) is 0.335. The molecule has 3 aromatic carbocycles. The van der Waals surface area contributed by atoms with E-state index in [0.29, 0.717) is 0 Å². The van der Waals surface area contributed by atoms with Crippen LogP contribution in [0.15, 0.2) is 77.7 Å². The fourth-order valence-electron chi connectivity index (χ4n) is 2.71. The molecule has 0 unspecified atom stereocenters. The minimum absolute atomic E-state index is 0.00372. The van der Waals surface area contributed by atoms with Gasteiger partial charge in [0.2, 0.25) is 0 Å². The number of non-ortho nitro benzene ring substituents is 1. The highest BCUT2D eigenvalue weighted by Gasteiger charge is 2.30. The highest BCUT2D eigenvalue weighted by Crippen LogP contribution is 2.31. The van der Waals surface area contributed by atoms with E-state index in [1.165, 1.54) is 36.4 Å². The molecule has 3 rings (SSSR count). The number of sulfonamides is 1. The van der Waals surface area contributed by atoms with E-state index >= 15 is 0 Å². The summed E-state index contributed by atoms with van der Waals surface area (Å²) in [5.74, 6) is 0. The molecule has 2 amide bonds. The molecule has 172 valence electrons. The molecule has 0 aromatic heterocycles. The van der Waals surface area contributed by atoms with E-state index in [2.05, 4.69) is 15.4 Å². The van der Waals surface area contributed by atoms with Crippen LogP contribution in [0, 0.1) is 10.1 Å². The van der Waals surface area contributed by atoms with Crippen molar-refractivity contribution in [2.75, 3.05) is 15.4 Å². The molecule has 0 aliphatic carbocycles. The number of hydrogen-bond acceptors (Lipinski definition) is 5. The average Bonchev–Trinajstić information content (AvgIpc) is 2.74. The van der Waals surface area contributed by atoms with Gasteiger partial charge < -0.3 is 10.6 Å². The molecule has 0 spiro atoms. The number of hydrogen-bond donors (Lipinski definition) is 3. The first-order valence-electron chi connectivity index (χ1n) is 9.07. The van der Waals surface area contributed by atoms with Crippen molar-refractivity contribution in [3.05, 3.63) is 88.5 Å². The molecule has 0 fully saturated rings. The summed E-state index contributed by atoms with van der Waals surface area (Å²) >= 11 is 0. The van der Waals surface area contributed by atoms with Gasteiger partial charge in [0.05, 0.1) is 26.8 Å². The molecule has 0 heterocycles. The maximum Gasteiger partial charge on any atom is 0.416 e. The summed E-state index contributed by atoms with van der Waals surface area (Å²) in [7, 11) is -4.26. The summed E-state index contributed by atoms with van der Waals surface area (Å²) in [5, 5.41) is 15.5. The molecular formula is C20H15F3N4O5S. The minimum atomic E-state index is -4.59. The second kappa shape index (κ2) is 9.16. The Bertz CT molecular complexity index is 1310. The Kier molecular flexibility index (Phi) is 6.53. The number of urea groups is 1. The molecule has 3 N–H and O–H groups in total. The number of carbonyl (C=O) groups excluding carboxylic acids is 1. The lowest BCUT2D eigenvalue weighted by atomic mass is 10.2. The topological polar surface area (TPSA) is 130 Å². The number of nitrogens with one attached hydrogen (secondary N) is 3. The lowest BCUT2D eigenvalue weighted by molar-refractivity contribution is -0.385. The summed E-state index contributed by atoms with van der Waals surface area (Å²) in [4.78, 5) is 22.1. The molecule has 0 radical (unpaired) electrons. The van der Waals surface area contributed by atoms with E-state index in [0.717, 1.165) is 36.4 Å². The van der Waals surface area contributed by atoms with Crippen LogP contribution in [0.1, 0.15) is 5.56 Å². The van der Waals surface area contributed by atoms with Crippen LogP contribution in [0.4, 0.5) is 40.7 Å². The van der Waals surface area contributed by atoms with Crippen LogP contribution in [0.5, 0.6) is 0 Å². The summed E-state index contributed by atoms with van der Waals surface area (Å²) in [6, 6.07) is 13.1. The normalized spacial score (nSPS) is 11.5. The first kappa shape index (κ1) is 23.5. The average molecular weight is 480 g/mol. The molecule has 0 saturated heterocycles. The summed E-state index contributed by atoms with van der Waals surface area (Å²) in [5.41, 5.74) is -1.58. The van der Waals surface area contributed by atoms with Crippen LogP contribution in [-0.2, 0) is 16.2 Å². The molecule has 33 heavy (non-hydrogen) atoms. The molecule has 0 bridgehead atoms. The number of para-hydroxylation sites is 2. The second-order valence-electron chi connectivity index (χ2n) is 6.56. The maximum absolute atomic E-state index is 12.8. The summed E-state index contributed by atoms with van der Waals surface area (Å²) in [6.45, 7) is 0. The Morgan fingerprint density at radius 2 is 1.55 bits per heavy atom. The molecule has 0 aliphatic heterocycles. The second-order valence-corrected chi connectivity index (χ2v) is 8.25. The molecule has 0 saturated carbocycles. The van der Waals surface area contributed by atoms with Gasteiger partial charge in [-0.3, -0.25) is 14.8 Å². The summed E-state index contributed by atoms with van der Waals surface area (Å²) < 4.78 is 66.1. The fourth-order valence-corrected chi connectivity index (χ4v) is 3.83. The third kappa shape index (κ3) is 5.98. The van der Waals surface area contributed by atoms with E-state index in [1.807, 2.05) is 0 Å². The standard InChI is InChI=1S/C20H15F3N4O5S/c21-20(22,23)13-5-3-6-14(11-13)24-19(28)25-17-9-1-2-10-18(17)26-33(31,32)16-8-4-7-15(12-16)27(29)30/h1-12,26H,(H2,24,25,28). The van der Waals surface area contributed by atoms with Gasteiger partial charge in [0.25, 0.3) is 15.7 Å². The Morgan fingerprint density at radius 1 is 0.879 bits per heavy atom. The number of halogens is 3. The van der Waals surface area contributed by atoms with Crippen molar-refractivity contribution < 1.29 is 31.3 Å². The highest BCUT2D eigenvalue weighted by molar-refractivity contribution is 7.92. The van der Waals surface area contributed by atoms with Crippen molar-refractivity contribution in [3.8, 4) is 0 Å². The molecule has 13 heteroatoms. The van der Waals surface area contributed by atoms with E-state index in [-0.39, 0.29) is 22.0 Å². The number of rotatable bonds is 6. The van der Waals surface area contributed by atoms with Gasteiger partial charge in [0, 0.05) is 17.8 Å². The van der Waals surface area contributed by atoms with E-state index < -0.39 is 38.4 Å². The van der Waals surface area contributed by atoms with Crippen LogP contribution in [0.25, 0.3) is 0 Å². The molecule has 9 nitrogen and oxygen atoms in total. The fraction of sp³-hybridized carbons (Fsp3) is 0.0500. The van der Waals surface area contributed by atoms with Gasteiger partial charge in [-0.05, 0) is 36.4 Å². The van der Waals surface area contributed by atoms with Crippen molar-refractivity contribution in [1.82, 2.24) is 0 Å². The van der Waals surface area contributed by atoms with Crippen molar-refractivity contribution in [2.24, 2.45) is 0 Å². The van der Waals surface area contributed by atoms with Gasteiger partial charge in [-0.1, -0.05) is 24.3 Å². The minimum Gasteiger partial charge on any atom is -0.308 e. The third-order valence-electron chi connectivity index (χ3n) is 4.21. The summed E-state index contributed by atoms with van der Waals surface area (Å²) in [6.07, 6.45) is -4.59. The monoisotopic (exact) mass is 480 g/mol. The smallest absolute Gasteiger partial charge is 0.308 e. The van der Waals surface area contributed by atoms with Gasteiger partial charge in [-0.2, -0.15) is 13.2 Å². The largest absolute Gasteiger partial charge is 0.416 e. The van der Waals surface area contributed by atoms with Crippen LogP contribution < -0.4 is 15.4 Å². The SMILES string of the molecule is O=C(Nc1cccc(C(F)(F)F)c1)Nc1ccccc1NS(=O)(=O)c1cccc([N+](=O)[O-])c1. The number of nitrogens with zero attached hydrogens (tertiary/aromatic N) is 1. The predicted octanol–water partition coefficient (Wildman–Crippen LogP) is 5.06. The zero-order valence-electron chi connectivity index (χ0n) is 16.5. The van der Waals surface area contributed by atoms with E-state index in [4.69, 9.17) is 0 Å². The number of amides is 2. The first-order valence-corrected chi connectivity index (χ1v) is 10.6. The number of nitro groups is 1. The Labute approximate surface area is 185 Å². The molecule has 0 atom stereocenters. The van der Waals surface area contributed by atoms with Crippen molar-refractivity contribution in [3.63, 3.8) is 0 Å². The number of benzene rings is 3. The number of alkyl halides is 3. The number of anilines is 3. The Balaban J connectivity index is 1.79. The van der Waals surface area contributed by atoms with Crippen molar-refractivity contribution in [2.45, 2.75) is 11.1 Å². The van der Waals surface area contributed by atoms with Gasteiger partial charge in [0.1, 0.15) is 0 Å². The van der Waals surface area contributed by atoms with Gasteiger partial charge in [-0.25, -0.2) is 13.2 Å². The van der Waals surface area contributed by atoms with Crippen molar-refractivity contribution in [1.29, 1.82) is 0 Å². The lowest BCUT2D eigenvalue weighted by Crippen LogP contribution is -2.21. The lowest BCUT2D eigenvalue weighted by Gasteiger charge is -2.14. The van der Waals surface area contributed by atoms with E-state index in [1.54, 1.807) is 0 Å². The zero-order chi connectivity index (χ0) is 24.2. The third-order valence-corrected chi connectivity index (χ3v) is 5.57. The van der Waals surface area contributed by atoms with E-state index in [9.17, 15) is 36.5 Å². The van der Waals surface area contributed by atoms with Gasteiger partial charge in [-0.15, -0.1) is 0 Å². The predicted molar refractivity (Wildman–Crippen MR) is 114 cm³/mol. The van der Waals surface area contributed by atoms with Crippen molar-refractivity contribution >= 4 is 38.8 Å². The first-order chi connectivity index (χ1) is 15.5. The number of carbonyl (C=O) groups is 1. The van der Waals surface area contributed by atoms with Gasteiger partial charge >= 0.3 is 12.2 Å². The van der Waals surface area contributed by atoms with Crippen LogP contribution in [0.3, 0.4) is 0 Å². The maximum atomic E-state index is 12.8. The Morgan fingerprint density at radius 3 is 2.21 bits per heavy atom. The molecule has 0 aliphatic rings. The van der Waals surface area contributed by atoms with Crippen LogP contribution >= 0.6 is 0 Å². The van der Waals surface area contributed by atoms with Gasteiger partial charge in [0.15, 0.2) is 0 Å².